The van der Waals surface area contributed by atoms with Crippen molar-refractivity contribution in [3.8, 4) is 0 Å². The molecule has 120 valence electrons. The molecule has 1 fully saturated rings. The molecule has 1 unspecified atom stereocenters. The average molecular weight is 321 g/mol. The third-order valence-corrected chi connectivity index (χ3v) is 5.64. The van der Waals surface area contributed by atoms with E-state index < -0.39 is 5.54 Å². The Balaban J connectivity index is 1.67. The van der Waals surface area contributed by atoms with Gasteiger partial charge in [-0.25, -0.2) is 4.79 Å². The first-order chi connectivity index (χ1) is 10.4. The Hall–Kier alpha value is -1.40. The lowest BCUT2D eigenvalue weighted by molar-refractivity contribution is -0.130. The lowest BCUT2D eigenvalue weighted by Crippen LogP contribution is -2.43. The zero-order chi connectivity index (χ0) is 15.9. The second kappa shape index (κ2) is 5.66. The van der Waals surface area contributed by atoms with E-state index in [1.54, 1.807) is 13.8 Å². The van der Waals surface area contributed by atoms with E-state index in [-0.39, 0.29) is 11.9 Å². The molecular formula is C16H23N3O2S. The maximum atomic E-state index is 12.2. The fraction of sp³-hybridized carbons (Fsp3) is 0.625. The van der Waals surface area contributed by atoms with Crippen LogP contribution in [0.2, 0.25) is 0 Å². The van der Waals surface area contributed by atoms with Crippen molar-refractivity contribution in [2.45, 2.75) is 45.2 Å². The second-order valence-corrected chi connectivity index (χ2v) is 7.52. The normalized spacial score (nSPS) is 24.5. The largest absolute Gasteiger partial charge is 0.325 e. The maximum Gasteiger partial charge on any atom is 0.325 e. The van der Waals surface area contributed by atoms with Crippen LogP contribution in [0, 0.1) is 0 Å². The van der Waals surface area contributed by atoms with Crippen molar-refractivity contribution >= 4 is 23.3 Å². The summed E-state index contributed by atoms with van der Waals surface area (Å²) in [7, 11) is 0. The van der Waals surface area contributed by atoms with Crippen molar-refractivity contribution in [3.05, 3.63) is 21.9 Å². The summed E-state index contributed by atoms with van der Waals surface area (Å²) in [6.07, 6.45) is 2.12. The molecule has 1 N–H and O–H groups in total. The number of hydrogen-bond donors (Lipinski definition) is 1. The first-order valence-electron chi connectivity index (χ1n) is 7.88. The van der Waals surface area contributed by atoms with Gasteiger partial charge in [-0.05, 0) is 43.7 Å². The summed E-state index contributed by atoms with van der Waals surface area (Å²) < 4.78 is 0. The minimum atomic E-state index is -0.774. The number of urea groups is 1. The number of rotatable bonds is 4. The van der Waals surface area contributed by atoms with Crippen molar-refractivity contribution in [1.29, 1.82) is 0 Å². The van der Waals surface area contributed by atoms with E-state index in [4.69, 9.17) is 0 Å². The molecule has 22 heavy (non-hydrogen) atoms. The summed E-state index contributed by atoms with van der Waals surface area (Å²) in [5.41, 5.74) is 0.653. The van der Waals surface area contributed by atoms with E-state index in [9.17, 15) is 9.59 Å². The predicted molar refractivity (Wildman–Crippen MR) is 87.0 cm³/mol. The van der Waals surface area contributed by atoms with Crippen LogP contribution in [0.4, 0.5) is 4.79 Å². The molecule has 0 aromatic carbocycles. The monoisotopic (exact) mass is 321 g/mol. The fourth-order valence-corrected chi connectivity index (χ4v) is 4.37. The van der Waals surface area contributed by atoms with Crippen LogP contribution >= 0.6 is 11.3 Å². The molecule has 0 radical (unpaired) electrons. The molecule has 3 amide bonds. The van der Waals surface area contributed by atoms with Crippen LogP contribution in [0.15, 0.2) is 11.4 Å². The van der Waals surface area contributed by atoms with E-state index in [1.165, 1.54) is 15.3 Å². The molecule has 1 aromatic rings. The van der Waals surface area contributed by atoms with E-state index >= 15 is 0 Å². The Morgan fingerprint density at radius 2 is 2.14 bits per heavy atom. The molecule has 0 spiro atoms. The molecule has 1 saturated heterocycles. The highest BCUT2D eigenvalue weighted by atomic mass is 32.1. The van der Waals surface area contributed by atoms with Gasteiger partial charge in [0.2, 0.25) is 0 Å². The summed E-state index contributed by atoms with van der Waals surface area (Å²) in [4.78, 5) is 29.4. The summed E-state index contributed by atoms with van der Waals surface area (Å²) in [5.74, 6) is -0.126. The minimum Gasteiger partial charge on any atom is -0.324 e. The molecular weight excluding hydrogens is 298 g/mol. The van der Waals surface area contributed by atoms with Crippen LogP contribution < -0.4 is 5.32 Å². The van der Waals surface area contributed by atoms with Crippen LogP contribution in [0.5, 0.6) is 0 Å². The van der Waals surface area contributed by atoms with Gasteiger partial charge in [0.05, 0.1) is 0 Å². The van der Waals surface area contributed by atoms with Gasteiger partial charge in [0.25, 0.3) is 5.91 Å². The predicted octanol–water partition coefficient (Wildman–Crippen LogP) is 2.39. The number of nitrogens with zero attached hydrogens (tertiary/aromatic N) is 2. The Bertz CT molecular complexity index is 596. The highest BCUT2D eigenvalue weighted by molar-refractivity contribution is 7.10. The molecule has 2 aliphatic rings. The Kier molecular flexibility index (Phi) is 3.99. The van der Waals surface area contributed by atoms with Crippen LogP contribution in [-0.2, 0) is 11.2 Å². The van der Waals surface area contributed by atoms with Crippen LogP contribution in [0.25, 0.3) is 0 Å². The van der Waals surface area contributed by atoms with Crippen LogP contribution in [0.3, 0.4) is 0 Å². The zero-order valence-electron chi connectivity index (χ0n) is 13.4. The summed E-state index contributed by atoms with van der Waals surface area (Å²) in [6, 6.07) is 2.36. The number of nitrogens with one attached hydrogen (secondary N) is 1. The second-order valence-electron chi connectivity index (χ2n) is 6.52. The number of fused-ring (bicyclic) bond motifs is 1. The molecule has 0 bridgehead atoms. The van der Waals surface area contributed by atoms with Gasteiger partial charge in [-0.3, -0.25) is 14.6 Å². The van der Waals surface area contributed by atoms with Crippen LogP contribution in [0.1, 0.15) is 43.7 Å². The third kappa shape index (κ3) is 2.54. The van der Waals surface area contributed by atoms with E-state index in [0.29, 0.717) is 12.6 Å². The van der Waals surface area contributed by atoms with Gasteiger partial charge in [-0.15, -0.1) is 11.3 Å². The fourth-order valence-electron chi connectivity index (χ4n) is 3.44. The molecule has 1 atom stereocenters. The first kappa shape index (κ1) is 15.5. The number of imide groups is 1. The zero-order valence-corrected chi connectivity index (χ0v) is 14.2. The molecule has 2 aliphatic heterocycles. The van der Waals surface area contributed by atoms with Crippen molar-refractivity contribution in [2.24, 2.45) is 0 Å². The molecule has 0 saturated carbocycles. The molecule has 6 heteroatoms. The minimum absolute atomic E-state index is 0.126. The number of carbonyl (C=O) groups is 2. The average Bonchev–Trinajstić information content (AvgIpc) is 3.01. The number of thiophene rings is 1. The number of hydrogen-bond acceptors (Lipinski definition) is 4. The molecule has 3 rings (SSSR count). The van der Waals surface area contributed by atoms with E-state index in [2.05, 4.69) is 28.6 Å². The van der Waals surface area contributed by atoms with Crippen LogP contribution in [-0.4, -0.2) is 46.9 Å². The van der Waals surface area contributed by atoms with Crippen molar-refractivity contribution in [3.63, 3.8) is 0 Å². The molecule has 5 nitrogen and oxygen atoms in total. The first-order valence-corrected chi connectivity index (χ1v) is 8.76. The van der Waals surface area contributed by atoms with E-state index in [0.717, 1.165) is 25.9 Å². The highest BCUT2D eigenvalue weighted by Gasteiger charge is 2.44. The molecule has 0 aliphatic carbocycles. The summed E-state index contributed by atoms with van der Waals surface area (Å²) >= 11 is 1.84. The summed E-state index contributed by atoms with van der Waals surface area (Å²) in [5, 5.41) is 4.90. The van der Waals surface area contributed by atoms with Gasteiger partial charge in [0.15, 0.2) is 0 Å². The Morgan fingerprint density at radius 1 is 1.36 bits per heavy atom. The SMILES string of the molecule is CCC1c2ccsc2CCN1CCN1C(=O)NC(C)(C)C1=O. The van der Waals surface area contributed by atoms with Gasteiger partial charge < -0.3 is 5.32 Å². The molecule has 1 aromatic heterocycles. The lowest BCUT2D eigenvalue weighted by atomic mass is 9.98. The smallest absolute Gasteiger partial charge is 0.324 e. The number of carbonyl (C=O) groups excluding carboxylic acids is 2. The maximum absolute atomic E-state index is 12.2. The van der Waals surface area contributed by atoms with E-state index in [1.807, 2.05) is 11.3 Å². The Morgan fingerprint density at radius 3 is 2.77 bits per heavy atom. The van der Waals surface area contributed by atoms with Gasteiger partial charge in [-0.1, -0.05) is 6.92 Å². The van der Waals surface area contributed by atoms with Crippen molar-refractivity contribution < 1.29 is 9.59 Å². The van der Waals surface area contributed by atoms with Crippen molar-refractivity contribution in [2.75, 3.05) is 19.6 Å². The van der Waals surface area contributed by atoms with Gasteiger partial charge in [0.1, 0.15) is 5.54 Å². The standard InChI is InChI=1S/C16H23N3O2S/c1-4-12-11-6-10-22-13(11)5-7-18(12)8-9-19-14(20)16(2,3)17-15(19)21/h6,10,12H,4-5,7-9H2,1-3H3,(H,17,21). The Labute approximate surface area is 135 Å². The highest BCUT2D eigenvalue weighted by Crippen LogP contribution is 2.35. The summed E-state index contributed by atoms with van der Waals surface area (Å²) in [6.45, 7) is 7.90. The van der Waals surface area contributed by atoms with Gasteiger partial charge in [-0.2, -0.15) is 0 Å². The topological polar surface area (TPSA) is 52.6 Å². The number of amides is 3. The molecule has 3 heterocycles. The lowest BCUT2D eigenvalue weighted by Gasteiger charge is -2.36. The van der Waals surface area contributed by atoms with Crippen molar-refractivity contribution in [1.82, 2.24) is 15.1 Å². The van der Waals surface area contributed by atoms with Gasteiger partial charge in [0, 0.05) is 30.6 Å². The van der Waals surface area contributed by atoms with Gasteiger partial charge >= 0.3 is 6.03 Å². The third-order valence-electron chi connectivity index (χ3n) is 4.65. The quantitative estimate of drug-likeness (QED) is 0.866.